The van der Waals surface area contributed by atoms with Gasteiger partial charge in [-0.3, -0.25) is 0 Å². The molecule has 0 spiro atoms. The van der Waals surface area contributed by atoms with Gasteiger partial charge >= 0.3 is 0 Å². The Morgan fingerprint density at radius 3 is 2.18 bits per heavy atom. The molecule has 0 heterocycles. The van der Waals surface area contributed by atoms with E-state index in [0.717, 1.165) is 5.92 Å². The molecule has 96 valence electrons. The smallest absolute Gasteiger partial charge is 0.00722 e. The molecule has 1 aliphatic rings. The average molecular weight is 250 g/mol. The van der Waals surface area contributed by atoms with Crippen molar-refractivity contribution < 1.29 is 0 Å². The lowest BCUT2D eigenvalue weighted by Gasteiger charge is -2.20. The second-order valence-electron chi connectivity index (χ2n) is 4.63. The maximum Gasteiger partial charge on any atom is 0.00722 e. The normalized spacial score (nSPS) is 16.2. The molecule has 2 rings (SSSR count). The van der Waals surface area contributed by atoms with Crippen LogP contribution in [0.4, 0.5) is 0 Å². The molecule has 1 saturated carbocycles. The summed E-state index contributed by atoms with van der Waals surface area (Å²) in [5.41, 5.74) is 1.36. The molecule has 1 aliphatic carbocycles. The first kappa shape index (κ1) is 14.6. The first-order chi connectivity index (χ1) is 8.34. The minimum absolute atomic E-state index is 0.977. The summed E-state index contributed by atoms with van der Waals surface area (Å²) in [6, 6.07) is 8.93. The lowest BCUT2D eigenvalue weighted by atomic mass is 9.91. The fourth-order valence-electron chi connectivity index (χ4n) is 2.20. The molecule has 0 amide bonds. The molecule has 1 aromatic carbocycles. The summed E-state index contributed by atoms with van der Waals surface area (Å²) in [5.74, 6) is 2.30. The van der Waals surface area contributed by atoms with E-state index in [0.29, 0.717) is 0 Å². The predicted octanol–water partition coefficient (Wildman–Crippen LogP) is 5.69. The molecule has 0 nitrogen and oxygen atoms in total. The van der Waals surface area contributed by atoms with Gasteiger partial charge in [0.05, 0.1) is 0 Å². The van der Waals surface area contributed by atoms with Gasteiger partial charge in [-0.1, -0.05) is 50.8 Å². The zero-order valence-corrected chi connectivity index (χ0v) is 12.4. The molecule has 0 radical (unpaired) electrons. The van der Waals surface area contributed by atoms with E-state index in [4.69, 9.17) is 0 Å². The van der Waals surface area contributed by atoms with Crippen LogP contribution in [-0.4, -0.2) is 5.75 Å². The van der Waals surface area contributed by atoms with Crippen LogP contribution in [0, 0.1) is 12.8 Å². The third-order valence-electron chi connectivity index (χ3n) is 3.23. The molecule has 0 atom stereocenters. The Hall–Kier alpha value is -0.430. The maximum atomic E-state index is 2.25. The molecular weight excluding hydrogens is 224 g/mol. The van der Waals surface area contributed by atoms with Gasteiger partial charge in [0.15, 0.2) is 0 Å². The number of rotatable bonds is 3. The molecule has 1 heteroatoms. The Bertz CT molecular complexity index is 283. The fraction of sp³-hybridized carbons (Fsp3) is 0.625. The van der Waals surface area contributed by atoms with E-state index >= 15 is 0 Å². The first-order valence-electron chi connectivity index (χ1n) is 7.04. The van der Waals surface area contributed by atoms with Crippen molar-refractivity contribution in [2.24, 2.45) is 5.92 Å². The molecule has 0 unspecified atom stereocenters. The van der Waals surface area contributed by atoms with Crippen LogP contribution in [0.15, 0.2) is 29.2 Å². The van der Waals surface area contributed by atoms with Crippen molar-refractivity contribution in [3.63, 3.8) is 0 Å². The molecule has 17 heavy (non-hydrogen) atoms. The third-order valence-corrected chi connectivity index (χ3v) is 4.48. The second-order valence-corrected chi connectivity index (χ2v) is 5.72. The Labute approximate surface area is 111 Å². The Kier molecular flexibility index (Phi) is 7.43. The van der Waals surface area contributed by atoms with Crippen molar-refractivity contribution in [2.45, 2.75) is 57.8 Å². The lowest BCUT2D eigenvalue weighted by Crippen LogP contribution is -2.08. The maximum absolute atomic E-state index is 2.25. The van der Waals surface area contributed by atoms with Crippen molar-refractivity contribution >= 4 is 11.8 Å². The average Bonchev–Trinajstić information content (AvgIpc) is 2.42. The quantitative estimate of drug-likeness (QED) is 0.621. The minimum atomic E-state index is 0.977. The summed E-state index contributed by atoms with van der Waals surface area (Å²) in [5, 5.41) is 0. The number of hydrogen-bond donors (Lipinski definition) is 0. The SMILES string of the molecule is CC.Cc1ccc(SCC2CCCCC2)cc1. The van der Waals surface area contributed by atoms with Gasteiger partial charge in [-0.05, 0) is 37.8 Å². The molecule has 0 aliphatic heterocycles. The van der Waals surface area contributed by atoms with Crippen LogP contribution in [0.1, 0.15) is 51.5 Å². The van der Waals surface area contributed by atoms with E-state index < -0.39 is 0 Å². The van der Waals surface area contributed by atoms with Crippen LogP contribution < -0.4 is 0 Å². The van der Waals surface area contributed by atoms with Gasteiger partial charge in [0.2, 0.25) is 0 Å². The van der Waals surface area contributed by atoms with Crippen molar-refractivity contribution in [1.29, 1.82) is 0 Å². The monoisotopic (exact) mass is 250 g/mol. The zero-order chi connectivity index (χ0) is 12.5. The zero-order valence-electron chi connectivity index (χ0n) is 11.5. The van der Waals surface area contributed by atoms with Gasteiger partial charge in [0.1, 0.15) is 0 Å². The third kappa shape index (κ3) is 5.63. The van der Waals surface area contributed by atoms with Crippen molar-refractivity contribution in [1.82, 2.24) is 0 Å². The number of benzene rings is 1. The van der Waals surface area contributed by atoms with Crippen LogP contribution in [0.3, 0.4) is 0 Å². The van der Waals surface area contributed by atoms with E-state index in [1.165, 1.54) is 48.3 Å². The number of hydrogen-bond acceptors (Lipinski definition) is 1. The summed E-state index contributed by atoms with van der Waals surface area (Å²) in [4.78, 5) is 1.44. The molecular formula is C16H26S. The minimum Gasteiger partial charge on any atom is -0.126 e. The summed E-state index contributed by atoms with van der Waals surface area (Å²) in [6.45, 7) is 6.15. The fourth-order valence-corrected chi connectivity index (χ4v) is 3.29. The molecule has 1 aromatic rings. The van der Waals surface area contributed by atoms with Crippen molar-refractivity contribution in [3.05, 3.63) is 29.8 Å². The highest BCUT2D eigenvalue weighted by Crippen LogP contribution is 2.29. The number of thioether (sulfide) groups is 1. The Balaban J connectivity index is 0.000000686. The van der Waals surface area contributed by atoms with Gasteiger partial charge in [0, 0.05) is 10.6 Å². The van der Waals surface area contributed by atoms with Crippen LogP contribution in [0.2, 0.25) is 0 Å². The molecule has 0 aromatic heterocycles. The van der Waals surface area contributed by atoms with E-state index in [1.807, 2.05) is 25.6 Å². The molecule has 0 N–H and O–H groups in total. The van der Waals surface area contributed by atoms with Gasteiger partial charge in [-0.25, -0.2) is 0 Å². The van der Waals surface area contributed by atoms with E-state index in [9.17, 15) is 0 Å². The molecule has 1 fully saturated rings. The van der Waals surface area contributed by atoms with Gasteiger partial charge < -0.3 is 0 Å². The van der Waals surface area contributed by atoms with E-state index in [-0.39, 0.29) is 0 Å². The first-order valence-corrected chi connectivity index (χ1v) is 8.02. The standard InChI is InChI=1S/C14H20S.C2H6/c1-12-7-9-14(10-8-12)15-11-13-5-3-2-4-6-13;1-2/h7-10,13H,2-6,11H2,1H3;1-2H3. The molecule has 0 saturated heterocycles. The Morgan fingerprint density at radius 1 is 1.00 bits per heavy atom. The van der Waals surface area contributed by atoms with Crippen LogP contribution in [0.5, 0.6) is 0 Å². The largest absolute Gasteiger partial charge is 0.126 e. The highest BCUT2D eigenvalue weighted by atomic mass is 32.2. The topological polar surface area (TPSA) is 0 Å². The summed E-state index contributed by atoms with van der Waals surface area (Å²) in [6.07, 6.45) is 7.29. The van der Waals surface area contributed by atoms with Crippen LogP contribution >= 0.6 is 11.8 Å². The molecule has 0 bridgehead atoms. The van der Waals surface area contributed by atoms with Crippen molar-refractivity contribution in [2.75, 3.05) is 5.75 Å². The number of aryl methyl sites for hydroxylation is 1. The van der Waals surface area contributed by atoms with Crippen LogP contribution in [0.25, 0.3) is 0 Å². The lowest BCUT2D eigenvalue weighted by molar-refractivity contribution is 0.391. The Morgan fingerprint density at radius 2 is 1.59 bits per heavy atom. The van der Waals surface area contributed by atoms with Gasteiger partial charge in [-0.2, -0.15) is 0 Å². The predicted molar refractivity (Wildman–Crippen MR) is 79.8 cm³/mol. The summed E-state index contributed by atoms with van der Waals surface area (Å²) >= 11 is 2.04. The highest BCUT2D eigenvalue weighted by Gasteiger charge is 2.13. The van der Waals surface area contributed by atoms with Crippen molar-refractivity contribution in [3.8, 4) is 0 Å². The highest BCUT2D eigenvalue weighted by molar-refractivity contribution is 7.99. The summed E-state index contributed by atoms with van der Waals surface area (Å²) < 4.78 is 0. The second kappa shape index (κ2) is 8.63. The van der Waals surface area contributed by atoms with E-state index in [2.05, 4.69) is 31.2 Å². The summed E-state index contributed by atoms with van der Waals surface area (Å²) in [7, 11) is 0. The van der Waals surface area contributed by atoms with Gasteiger partial charge in [0.25, 0.3) is 0 Å². The van der Waals surface area contributed by atoms with E-state index in [1.54, 1.807) is 0 Å². The van der Waals surface area contributed by atoms with Gasteiger partial charge in [-0.15, -0.1) is 11.8 Å². The van der Waals surface area contributed by atoms with Crippen LogP contribution in [-0.2, 0) is 0 Å².